The Labute approximate surface area is 358 Å². The van der Waals surface area contributed by atoms with Crippen LogP contribution in [-0.4, -0.2) is 42.3 Å². The normalized spacial score (nSPS) is 11.9. The lowest BCUT2D eigenvalue weighted by atomic mass is 9.78. The molecule has 0 aliphatic carbocycles. The van der Waals surface area contributed by atoms with E-state index in [1.165, 1.54) is 12.1 Å². The fourth-order valence-electron chi connectivity index (χ4n) is 7.44. The van der Waals surface area contributed by atoms with Crippen LogP contribution < -0.4 is 9.47 Å². The van der Waals surface area contributed by atoms with Gasteiger partial charge in [0.15, 0.2) is 0 Å². The van der Waals surface area contributed by atoms with Crippen molar-refractivity contribution in [1.82, 2.24) is 20.2 Å². The zero-order valence-corrected chi connectivity index (χ0v) is 34.7. The van der Waals surface area contributed by atoms with Gasteiger partial charge in [-0.15, -0.1) is 10.2 Å². The number of carbonyl (C=O) groups is 2. The van der Waals surface area contributed by atoms with Crippen LogP contribution in [0.3, 0.4) is 0 Å². The molecule has 2 N–H and O–H groups in total. The van der Waals surface area contributed by atoms with E-state index in [0.717, 1.165) is 33.9 Å². The van der Waals surface area contributed by atoms with Gasteiger partial charge >= 0.3 is 11.9 Å². The first-order valence-corrected chi connectivity index (χ1v) is 20.5. The Bertz CT molecular complexity index is 2920. The number of nitrogens with zero attached hydrogens (tertiary/aromatic N) is 4. The predicted molar refractivity (Wildman–Crippen MR) is 237 cm³/mol. The highest BCUT2D eigenvalue weighted by atomic mass is 16.5. The number of hydrogen-bond acceptors (Lipinski definition) is 11. The van der Waals surface area contributed by atoms with Crippen LogP contribution in [0.2, 0.25) is 0 Å². The first-order valence-electron chi connectivity index (χ1n) is 20.5. The molecule has 8 rings (SSSR count). The number of phenols is 2. The Hall–Kier alpha value is -7.66. The van der Waals surface area contributed by atoms with Crippen molar-refractivity contribution in [3.63, 3.8) is 0 Å². The monoisotopic (exact) mass is 824 g/mol. The highest BCUT2D eigenvalue weighted by molar-refractivity contribution is 5.94. The summed E-state index contributed by atoms with van der Waals surface area (Å²) in [6.45, 7) is 7.53. The Morgan fingerprint density at radius 3 is 1.81 bits per heavy atom. The smallest absolute Gasteiger partial charge is 0.316 e. The summed E-state index contributed by atoms with van der Waals surface area (Å²) in [5.41, 5.74) is 4.85. The Morgan fingerprint density at radius 2 is 1.19 bits per heavy atom. The van der Waals surface area contributed by atoms with E-state index in [2.05, 4.69) is 29.3 Å². The van der Waals surface area contributed by atoms with Crippen molar-refractivity contribution in [3.8, 4) is 79.8 Å². The number of hydrogen-bond donors (Lipinski definition) is 2. The number of benzene rings is 5. The number of aromatic hydroxyl groups is 2. The van der Waals surface area contributed by atoms with E-state index < -0.39 is 17.4 Å². The van der Waals surface area contributed by atoms with Crippen LogP contribution in [-0.2, 0) is 9.59 Å². The molecule has 1 atom stereocenters. The van der Waals surface area contributed by atoms with E-state index in [-0.39, 0.29) is 35.3 Å². The molecule has 0 bridgehead atoms. The average Bonchev–Trinajstić information content (AvgIpc) is 3.78. The number of esters is 2. The Morgan fingerprint density at radius 1 is 0.629 bits per heavy atom. The van der Waals surface area contributed by atoms with Gasteiger partial charge in [0.25, 0.3) is 0 Å². The third-order valence-corrected chi connectivity index (χ3v) is 10.9. The molecule has 0 saturated heterocycles. The lowest BCUT2D eigenvalue weighted by Gasteiger charge is -2.27. The number of phenolic OH excluding ortho intramolecular Hbond substituents is 2. The summed E-state index contributed by atoms with van der Waals surface area (Å²) in [6.07, 6.45) is 1.55. The summed E-state index contributed by atoms with van der Waals surface area (Å²) in [5.74, 6) is 0.390. The van der Waals surface area contributed by atoms with E-state index in [1.54, 1.807) is 61.5 Å². The molecule has 5 aromatic carbocycles. The second-order valence-corrected chi connectivity index (χ2v) is 15.6. The fourth-order valence-corrected chi connectivity index (χ4v) is 7.44. The zero-order valence-electron chi connectivity index (χ0n) is 34.7. The largest absolute Gasteiger partial charge is 0.507 e. The van der Waals surface area contributed by atoms with Gasteiger partial charge in [0.1, 0.15) is 23.0 Å². The molecule has 3 aromatic heterocycles. The molecule has 3 heterocycles. The van der Waals surface area contributed by atoms with Crippen LogP contribution in [0.4, 0.5) is 0 Å². The van der Waals surface area contributed by atoms with Crippen molar-refractivity contribution in [2.24, 2.45) is 5.41 Å². The van der Waals surface area contributed by atoms with Crippen LogP contribution >= 0.6 is 0 Å². The summed E-state index contributed by atoms with van der Waals surface area (Å²) in [4.78, 5) is 34.9. The maximum Gasteiger partial charge on any atom is 0.316 e. The first-order chi connectivity index (χ1) is 30.0. The second-order valence-electron chi connectivity index (χ2n) is 15.6. The van der Waals surface area contributed by atoms with Crippen molar-refractivity contribution in [1.29, 1.82) is 0 Å². The van der Waals surface area contributed by atoms with Crippen molar-refractivity contribution >= 4 is 22.7 Å². The van der Waals surface area contributed by atoms with Crippen LogP contribution in [0.15, 0.2) is 144 Å². The van der Waals surface area contributed by atoms with Crippen molar-refractivity contribution in [2.75, 3.05) is 0 Å². The van der Waals surface area contributed by atoms with Crippen LogP contribution in [0.5, 0.6) is 23.0 Å². The maximum atomic E-state index is 13.7. The third-order valence-electron chi connectivity index (χ3n) is 10.9. The van der Waals surface area contributed by atoms with Crippen LogP contribution in [0.1, 0.15) is 58.4 Å². The molecule has 0 spiro atoms. The van der Waals surface area contributed by atoms with Crippen LogP contribution in [0, 0.1) is 5.41 Å². The number of rotatable bonds is 13. The summed E-state index contributed by atoms with van der Waals surface area (Å²) in [5, 5.41) is 32.7. The van der Waals surface area contributed by atoms with E-state index in [0.29, 0.717) is 52.1 Å². The Kier molecular flexibility index (Phi) is 11.6. The highest BCUT2D eigenvalue weighted by Crippen LogP contribution is 2.39. The van der Waals surface area contributed by atoms with Crippen molar-refractivity contribution in [2.45, 2.75) is 52.9 Å². The van der Waals surface area contributed by atoms with Gasteiger partial charge < -0.3 is 24.1 Å². The molecule has 11 nitrogen and oxygen atoms in total. The molecular weight excluding hydrogens is 781 g/mol. The second kappa shape index (κ2) is 17.5. The quantitative estimate of drug-likeness (QED) is 0.0842. The topological polar surface area (TPSA) is 158 Å². The maximum absolute atomic E-state index is 13.7. The van der Waals surface area contributed by atoms with Gasteiger partial charge in [-0.3, -0.25) is 9.59 Å². The molecule has 0 radical (unpaired) electrons. The minimum atomic E-state index is -0.856. The van der Waals surface area contributed by atoms with Gasteiger partial charge in [-0.05, 0) is 116 Å². The predicted octanol–water partition coefficient (Wildman–Crippen LogP) is 11.6. The minimum Gasteiger partial charge on any atom is -0.507 e. The molecule has 0 aliphatic rings. The molecule has 0 aliphatic heterocycles. The number of aromatic nitrogens is 4. The average molecular weight is 825 g/mol. The molecule has 0 saturated carbocycles. The van der Waals surface area contributed by atoms with Crippen molar-refractivity contribution < 1.29 is 33.7 Å². The lowest BCUT2D eigenvalue weighted by molar-refractivity contribution is -0.144. The first kappa shape index (κ1) is 41.1. The van der Waals surface area contributed by atoms with Crippen LogP contribution in [0.25, 0.3) is 67.6 Å². The van der Waals surface area contributed by atoms with Gasteiger partial charge in [0, 0.05) is 40.8 Å². The molecule has 310 valence electrons. The van der Waals surface area contributed by atoms with Gasteiger partial charge in [-0.25, -0.2) is 9.97 Å². The number of fused-ring (bicyclic) bond motifs is 1. The van der Waals surface area contributed by atoms with E-state index in [9.17, 15) is 19.8 Å². The van der Waals surface area contributed by atoms with Crippen molar-refractivity contribution in [3.05, 3.63) is 145 Å². The fraction of sp³-hybridized carbons (Fsp3) is 0.176. The Balaban J connectivity index is 0.924. The summed E-state index contributed by atoms with van der Waals surface area (Å²) in [6, 6.07) is 42.2. The molecule has 11 heteroatoms. The third kappa shape index (κ3) is 8.78. The zero-order chi connectivity index (χ0) is 43.4. The molecule has 0 fully saturated rings. The summed E-state index contributed by atoms with van der Waals surface area (Å²) < 4.78 is 17.2. The van der Waals surface area contributed by atoms with E-state index in [4.69, 9.17) is 23.9 Å². The lowest BCUT2D eigenvalue weighted by Crippen LogP contribution is -2.30. The van der Waals surface area contributed by atoms with E-state index in [1.807, 2.05) is 74.5 Å². The number of carbonyl (C=O) groups excluding carboxylic acids is 2. The van der Waals surface area contributed by atoms with Gasteiger partial charge in [-0.1, -0.05) is 74.5 Å². The molecule has 0 amide bonds. The highest BCUT2D eigenvalue weighted by Gasteiger charge is 2.33. The molecule has 62 heavy (non-hydrogen) atoms. The van der Waals surface area contributed by atoms with Gasteiger partial charge in [-0.2, -0.15) is 0 Å². The summed E-state index contributed by atoms with van der Waals surface area (Å²) in [7, 11) is 0. The molecule has 1 unspecified atom stereocenters. The number of ether oxygens (including phenoxy) is 2. The van der Waals surface area contributed by atoms with Gasteiger partial charge in [0.05, 0.1) is 28.2 Å². The summed E-state index contributed by atoms with van der Waals surface area (Å²) >= 11 is 0. The van der Waals surface area contributed by atoms with Gasteiger partial charge in [0.2, 0.25) is 11.8 Å². The minimum absolute atomic E-state index is 0.0631. The SMILES string of the molecule is CCC(=O)Oc1ccc(-c2cccc(-c3cccc(-c4ccc(OC(=O)C(C)(C)CC(CC)c5ccc(-c6nnc(-c7cccc8ccccc78)o6)cc5)cc4O)n3)n2)c(O)c1. The molecule has 8 aromatic rings. The number of pyridine rings is 2. The van der Waals surface area contributed by atoms with E-state index >= 15 is 0 Å². The molecular formula is C51H44N4O7. The standard InChI is InChI=1S/C51H44N4O7/c1-5-31(32-20-22-34(23-21-32)48-54-55-49(62-48)38-15-9-13-33-12-7-8-14-37(33)38)30-51(3,4)50(59)61-36-25-27-40(46(57)29-36)42-17-11-19-44(53-42)43-18-10-16-41(52-43)39-26-24-35(28-45(39)56)60-47(58)6-2/h7-29,31,56-57H,5-6,30H2,1-4H3.